The number of terminal acetylenes is 1. The van der Waals surface area contributed by atoms with E-state index in [1.807, 2.05) is 12.1 Å². The predicted octanol–water partition coefficient (Wildman–Crippen LogP) is 3.37. The lowest BCUT2D eigenvalue weighted by Crippen LogP contribution is -2.38. The van der Waals surface area contributed by atoms with Crippen molar-refractivity contribution in [3.63, 3.8) is 0 Å². The van der Waals surface area contributed by atoms with E-state index in [-0.39, 0.29) is 5.91 Å². The van der Waals surface area contributed by atoms with Gasteiger partial charge in [-0.15, -0.1) is 12.3 Å². The summed E-state index contributed by atoms with van der Waals surface area (Å²) in [6, 6.07) is 8.37. The number of nitrogens with zero attached hydrogens (tertiary/aromatic N) is 3. The number of rotatable bonds is 8. The van der Waals surface area contributed by atoms with Crippen LogP contribution in [0.3, 0.4) is 0 Å². The smallest absolute Gasteiger partial charge is 0.224 e. The summed E-state index contributed by atoms with van der Waals surface area (Å²) in [5.74, 6) is 2.59. The lowest BCUT2D eigenvalue weighted by Gasteiger charge is -2.32. The second-order valence-corrected chi connectivity index (χ2v) is 6.88. The highest BCUT2D eigenvalue weighted by Crippen LogP contribution is 2.37. The van der Waals surface area contributed by atoms with Crippen LogP contribution in [0.2, 0.25) is 0 Å². The molecule has 0 radical (unpaired) electrons. The van der Waals surface area contributed by atoms with Crippen LogP contribution in [0.1, 0.15) is 44.2 Å². The molecule has 0 aliphatic carbocycles. The minimum Gasteiger partial charge on any atom is -0.379 e. The molecule has 138 valence electrons. The average molecular weight is 354 g/mol. The molecule has 6 heteroatoms. The maximum atomic E-state index is 12.3. The number of benzene rings is 1. The molecule has 1 unspecified atom stereocenters. The number of carbonyl (C=O) groups is 1. The second-order valence-electron chi connectivity index (χ2n) is 6.88. The largest absolute Gasteiger partial charge is 0.379 e. The van der Waals surface area contributed by atoms with E-state index >= 15 is 0 Å². The molecular formula is C20H26N4O2. The number of carbonyl (C=O) groups excluding carboxylic acids is 1. The fourth-order valence-corrected chi connectivity index (χ4v) is 3.26. The topological polar surface area (TPSA) is 66.3 Å². The zero-order valence-corrected chi connectivity index (χ0v) is 15.3. The summed E-state index contributed by atoms with van der Waals surface area (Å²) in [6.45, 7) is 5.61. The highest BCUT2D eigenvalue weighted by Gasteiger charge is 2.39. The third-order valence-corrected chi connectivity index (χ3v) is 5.05. The van der Waals surface area contributed by atoms with Crippen molar-refractivity contribution in [1.82, 2.24) is 4.90 Å². The number of morpholine rings is 1. The molecule has 2 aliphatic rings. The summed E-state index contributed by atoms with van der Waals surface area (Å²) < 4.78 is 5.42. The van der Waals surface area contributed by atoms with Crippen LogP contribution in [-0.4, -0.2) is 42.8 Å². The van der Waals surface area contributed by atoms with Gasteiger partial charge in [0.2, 0.25) is 5.91 Å². The van der Waals surface area contributed by atoms with Crippen molar-refractivity contribution in [3.8, 4) is 12.3 Å². The normalized spacial score (nSPS) is 19.5. The lowest BCUT2D eigenvalue weighted by molar-refractivity contribution is -0.116. The van der Waals surface area contributed by atoms with Crippen LogP contribution in [-0.2, 0) is 9.53 Å². The number of ether oxygens (including phenoxy) is 1. The van der Waals surface area contributed by atoms with Gasteiger partial charge in [0.15, 0.2) is 5.66 Å². The molecule has 0 aromatic heterocycles. The Morgan fingerprint density at radius 1 is 1.38 bits per heavy atom. The molecule has 0 spiro atoms. The quantitative estimate of drug-likeness (QED) is 0.728. The van der Waals surface area contributed by atoms with Crippen molar-refractivity contribution in [3.05, 3.63) is 29.8 Å². The van der Waals surface area contributed by atoms with Crippen LogP contribution < -0.4 is 5.32 Å². The molecular weight excluding hydrogens is 328 g/mol. The highest BCUT2D eigenvalue weighted by molar-refractivity contribution is 5.90. The van der Waals surface area contributed by atoms with Crippen molar-refractivity contribution in [2.24, 2.45) is 10.2 Å². The minimum atomic E-state index is -0.406. The van der Waals surface area contributed by atoms with Crippen LogP contribution in [0.15, 0.2) is 34.5 Å². The first kappa shape index (κ1) is 18.6. The molecule has 6 nitrogen and oxygen atoms in total. The third kappa shape index (κ3) is 4.90. The van der Waals surface area contributed by atoms with Gasteiger partial charge in [0.05, 0.1) is 13.2 Å². The minimum absolute atomic E-state index is 0.0152. The van der Waals surface area contributed by atoms with E-state index < -0.39 is 5.66 Å². The van der Waals surface area contributed by atoms with E-state index in [4.69, 9.17) is 11.2 Å². The number of hydrogen-bond donors (Lipinski definition) is 1. The Labute approximate surface area is 155 Å². The van der Waals surface area contributed by atoms with Gasteiger partial charge in [0.1, 0.15) is 0 Å². The number of nitrogens with one attached hydrogen (secondary N) is 1. The standard InChI is InChI=1S/C20H26N4O2/c1-3-4-9-20(22-23-20)10-8-19(25)21-18-7-5-6-17(15-18)16(2)24-11-13-26-14-12-24/h1,5-7,15-16H,4,8-14H2,2H3,(H,21,25). The van der Waals surface area contributed by atoms with E-state index in [1.165, 1.54) is 5.56 Å². The summed E-state index contributed by atoms with van der Waals surface area (Å²) in [5.41, 5.74) is 1.62. The fourth-order valence-electron chi connectivity index (χ4n) is 3.26. The zero-order chi connectivity index (χ0) is 18.4. The van der Waals surface area contributed by atoms with Gasteiger partial charge in [-0.3, -0.25) is 9.69 Å². The van der Waals surface area contributed by atoms with Crippen LogP contribution in [0, 0.1) is 12.3 Å². The number of anilines is 1. The van der Waals surface area contributed by atoms with Gasteiger partial charge in [0, 0.05) is 50.5 Å². The lowest BCUT2D eigenvalue weighted by atomic mass is 10.0. The molecule has 1 atom stereocenters. The molecule has 1 fully saturated rings. The Morgan fingerprint density at radius 2 is 2.15 bits per heavy atom. The van der Waals surface area contributed by atoms with Gasteiger partial charge in [-0.05, 0) is 24.6 Å². The maximum absolute atomic E-state index is 12.3. The van der Waals surface area contributed by atoms with E-state index in [0.717, 1.165) is 38.4 Å². The molecule has 2 aliphatic heterocycles. The Morgan fingerprint density at radius 3 is 2.85 bits per heavy atom. The predicted molar refractivity (Wildman–Crippen MR) is 101 cm³/mol. The Hall–Kier alpha value is -2.23. The summed E-state index contributed by atoms with van der Waals surface area (Å²) in [4.78, 5) is 14.7. The van der Waals surface area contributed by atoms with Gasteiger partial charge in [-0.2, -0.15) is 10.2 Å². The molecule has 2 heterocycles. The van der Waals surface area contributed by atoms with Crippen molar-refractivity contribution in [2.45, 2.75) is 44.3 Å². The molecule has 1 N–H and O–H groups in total. The third-order valence-electron chi connectivity index (χ3n) is 5.05. The van der Waals surface area contributed by atoms with Gasteiger partial charge in [-0.25, -0.2) is 0 Å². The average Bonchev–Trinajstić information content (AvgIpc) is 3.45. The van der Waals surface area contributed by atoms with Crippen LogP contribution >= 0.6 is 0 Å². The molecule has 1 amide bonds. The molecule has 3 rings (SSSR count). The van der Waals surface area contributed by atoms with E-state index in [0.29, 0.717) is 25.3 Å². The molecule has 1 aromatic rings. The highest BCUT2D eigenvalue weighted by atomic mass is 16.5. The number of hydrogen-bond acceptors (Lipinski definition) is 5. The van der Waals surface area contributed by atoms with Crippen LogP contribution in [0.25, 0.3) is 0 Å². The Bertz CT molecular complexity index is 698. The van der Waals surface area contributed by atoms with E-state index in [1.54, 1.807) is 0 Å². The van der Waals surface area contributed by atoms with Crippen molar-refractivity contribution in [2.75, 3.05) is 31.6 Å². The molecule has 0 saturated carbocycles. The van der Waals surface area contributed by atoms with Crippen molar-refractivity contribution < 1.29 is 9.53 Å². The Balaban J connectivity index is 1.51. The van der Waals surface area contributed by atoms with E-state index in [9.17, 15) is 4.79 Å². The first-order valence-electron chi connectivity index (χ1n) is 9.21. The van der Waals surface area contributed by atoms with Gasteiger partial charge in [0.25, 0.3) is 0 Å². The van der Waals surface area contributed by atoms with Crippen LogP contribution in [0.5, 0.6) is 0 Å². The first-order chi connectivity index (χ1) is 12.6. The zero-order valence-electron chi connectivity index (χ0n) is 15.3. The first-order valence-corrected chi connectivity index (χ1v) is 9.21. The molecule has 1 saturated heterocycles. The van der Waals surface area contributed by atoms with E-state index in [2.05, 4.69) is 45.4 Å². The second kappa shape index (κ2) is 8.43. The SMILES string of the molecule is C#CCCC1(CCC(=O)Nc2cccc(C(C)N3CCOCC3)c2)N=N1. The fraction of sp³-hybridized carbons (Fsp3) is 0.550. The monoisotopic (exact) mass is 354 g/mol. The van der Waals surface area contributed by atoms with Crippen LogP contribution in [0.4, 0.5) is 5.69 Å². The molecule has 1 aromatic carbocycles. The summed E-state index contributed by atoms with van der Waals surface area (Å²) in [5, 5.41) is 11.1. The molecule has 26 heavy (non-hydrogen) atoms. The van der Waals surface area contributed by atoms with Crippen molar-refractivity contribution in [1.29, 1.82) is 0 Å². The maximum Gasteiger partial charge on any atom is 0.224 e. The Kier molecular flexibility index (Phi) is 6.02. The summed E-state index contributed by atoms with van der Waals surface area (Å²) in [6.07, 6.45) is 7.66. The summed E-state index contributed by atoms with van der Waals surface area (Å²) in [7, 11) is 0. The van der Waals surface area contributed by atoms with Crippen molar-refractivity contribution >= 4 is 11.6 Å². The number of amides is 1. The van der Waals surface area contributed by atoms with Gasteiger partial charge < -0.3 is 10.1 Å². The molecule has 0 bridgehead atoms. The van der Waals surface area contributed by atoms with Gasteiger partial charge in [-0.1, -0.05) is 12.1 Å². The summed E-state index contributed by atoms with van der Waals surface area (Å²) >= 11 is 0. The van der Waals surface area contributed by atoms with Gasteiger partial charge >= 0.3 is 0 Å².